The number of hydrogen-bond acceptors (Lipinski definition) is 2. The minimum absolute atomic E-state index is 0.158. The molecular formula is C18H29NO2. The van der Waals surface area contributed by atoms with E-state index >= 15 is 0 Å². The maximum atomic E-state index is 12.7. The fourth-order valence-corrected chi connectivity index (χ4v) is 4.70. The second kappa shape index (κ2) is 6.93. The highest BCUT2D eigenvalue weighted by molar-refractivity contribution is 5.85. The number of carbonyl (C=O) groups is 2. The molecule has 1 heterocycles. The number of Topliss-reactive ketones (excluding diaryl/α,β-unsaturated/α-hetero) is 1. The SMILES string of the molecule is O=C1CCCC1C1CCCN1C(=O)CC1CCCCCC1. The van der Waals surface area contributed by atoms with Crippen molar-refractivity contribution in [2.75, 3.05) is 6.54 Å². The maximum Gasteiger partial charge on any atom is 0.223 e. The van der Waals surface area contributed by atoms with Gasteiger partial charge in [-0.15, -0.1) is 0 Å². The van der Waals surface area contributed by atoms with Crippen LogP contribution in [0.25, 0.3) is 0 Å². The molecule has 0 aromatic heterocycles. The first-order valence-corrected chi connectivity index (χ1v) is 9.08. The van der Waals surface area contributed by atoms with Crippen LogP contribution < -0.4 is 0 Å². The monoisotopic (exact) mass is 291 g/mol. The Bertz CT molecular complexity index is 385. The Kier molecular flexibility index (Phi) is 4.97. The normalized spacial score (nSPS) is 31.6. The van der Waals surface area contributed by atoms with Gasteiger partial charge in [0, 0.05) is 31.3 Å². The number of carbonyl (C=O) groups excluding carboxylic acids is 2. The van der Waals surface area contributed by atoms with Crippen LogP contribution in [0.5, 0.6) is 0 Å². The number of rotatable bonds is 3. The van der Waals surface area contributed by atoms with Crippen LogP contribution >= 0.6 is 0 Å². The van der Waals surface area contributed by atoms with E-state index < -0.39 is 0 Å². The summed E-state index contributed by atoms with van der Waals surface area (Å²) in [5.74, 6) is 1.50. The van der Waals surface area contributed by atoms with E-state index in [9.17, 15) is 9.59 Å². The van der Waals surface area contributed by atoms with Crippen molar-refractivity contribution in [3.05, 3.63) is 0 Å². The molecule has 3 aliphatic rings. The molecule has 21 heavy (non-hydrogen) atoms. The molecule has 118 valence electrons. The Morgan fingerprint density at radius 1 is 0.952 bits per heavy atom. The summed E-state index contributed by atoms with van der Waals surface area (Å²) in [5.41, 5.74) is 0. The van der Waals surface area contributed by atoms with Crippen molar-refractivity contribution in [1.82, 2.24) is 4.90 Å². The predicted molar refractivity (Wildman–Crippen MR) is 82.9 cm³/mol. The lowest BCUT2D eigenvalue weighted by Crippen LogP contribution is -2.42. The third-order valence-corrected chi connectivity index (χ3v) is 5.87. The number of ketones is 1. The van der Waals surface area contributed by atoms with Gasteiger partial charge < -0.3 is 4.90 Å². The summed E-state index contributed by atoms with van der Waals surface area (Å²) < 4.78 is 0. The van der Waals surface area contributed by atoms with E-state index in [4.69, 9.17) is 0 Å². The fourth-order valence-electron chi connectivity index (χ4n) is 4.70. The largest absolute Gasteiger partial charge is 0.339 e. The summed E-state index contributed by atoms with van der Waals surface area (Å²) in [5, 5.41) is 0. The van der Waals surface area contributed by atoms with Crippen LogP contribution in [0.3, 0.4) is 0 Å². The summed E-state index contributed by atoms with van der Waals surface area (Å²) in [7, 11) is 0. The molecular weight excluding hydrogens is 262 g/mol. The quantitative estimate of drug-likeness (QED) is 0.743. The van der Waals surface area contributed by atoms with Gasteiger partial charge in [0.1, 0.15) is 5.78 Å². The summed E-state index contributed by atoms with van der Waals surface area (Å²) >= 11 is 0. The Morgan fingerprint density at radius 2 is 1.71 bits per heavy atom. The lowest BCUT2D eigenvalue weighted by atomic mass is 9.93. The van der Waals surface area contributed by atoms with Crippen LogP contribution in [0.1, 0.15) is 77.0 Å². The molecule has 3 rings (SSSR count). The van der Waals surface area contributed by atoms with Crippen molar-refractivity contribution in [3.8, 4) is 0 Å². The molecule has 3 heteroatoms. The second-order valence-electron chi connectivity index (χ2n) is 7.32. The molecule has 3 fully saturated rings. The second-order valence-corrected chi connectivity index (χ2v) is 7.32. The zero-order valence-corrected chi connectivity index (χ0v) is 13.2. The predicted octanol–water partition coefficient (Wildman–Crippen LogP) is 3.71. The first kappa shape index (κ1) is 15.1. The fraction of sp³-hybridized carbons (Fsp3) is 0.889. The molecule has 1 aliphatic heterocycles. The maximum absolute atomic E-state index is 12.7. The Balaban J connectivity index is 1.58. The molecule has 0 aromatic carbocycles. The zero-order chi connectivity index (χ0) is 14.7. The van der Waals surface area contributed by atoms with Crippen LogP contribution in [-0.4, -0.2) is 29.2 Å². The Morgan fingerprint density at radius 3 is 2.38 bits per heavy atom. The molecule has 3 nitrogen and oxygen atoms in total. The number of amides is 1. The lowest BCUT2D eigenvalue weighted by Gasteiger charge is -2.30. The van der Waals surface area contributed by atoms with Gasteiger partial charge in [-0.05, 0) is 44.4 Å². The highest BCUT2D eigenvalue weighted by Gasteiger charge is 2.40. The minimum Gasteiger partial charge on any atom is -0.339 e. The third kappa shape index (κ3) is 3.49. The number of hydrogen-bond donors (Lipinski definition) is 0. The van der Waals surface area contributed by atoms with Gasteiger partial charge in [0.15, 0.2) is 0 Å². The van der Waals surface area contributed by atoms with E-state index in [2.05, 4.69) is 4.90 Å². The van der Waals surface area contributed by atoms with E-state index in [1.807, 2.05) is 0 Å². The van der Waals surface area contributed by atoms with Crippen molar-refractivity contribution < 1.29 is 9.59 Å². The van der Waals surface area contributed by atoms with Gasteiger partial charge in [-0.25, -0.2) is 0 Å². The van der Waals surface area contributed by atoms with Crippen molar-refractivity contribution in [1.29, 1.82) is 0 Å². The van der Waals surface area contributed by atoms with Crippen LogP contribution in [0.4, 0.5) is 0 Å². The minimum atomic E-state index is 0.158. The molecule has 2 atom stereocenters. The Labute approximate surface area is 128 Å². The molecule has 1 saturated heterocycles. The molecule has 1 amide bonds. The van der Waals surface area contributed by atoms with E-state index in [-0.39, 0.29) is 12.0 Å². The zero-order valence-electron chi connectivity index (χ0n) is 13.2. The van der Waals surface area contributed by atoms with Gasteiger partial charge in [0.25, 0.3) is 0 Å². The molecule has 2 aliphatic carbocycles. The number of nitrogens with zero attached hydrogens (tertiary/aromatic N) is 1. The number of likely N-dealkylation sites (tertiary alicyclic amines) is 1. The van der Waals surface area contributed by atoms with Gasteiger partial charge >= 0.3 is 0 Å². The first-order valence-electron chi connectivity index (χ1n) is 9.08. The van der Waals surface area contributed by atoms with Crippen LogP contribution in [0.2, 0.25) is 0 Å². The van der Waals surface area contributed by atoms with E-state index in [0.29, 0.717) is 17.6 Å². The summed E-state index contributed by atoms with van der Waals surface area (Å²) in [6.45, 7) is 0.889. The van der Waals surface area contributed by atoms with Crippen LogP contribution in [-0.2, 0) is 9.59 Å². The van der Waals surface area contributed by atoms with E-state index in [0.717, 1.165) is 45.1 Å². The van der Waals surface area contributed by atoms with Crippen molar-refractivity contribution in [2.24, 2.45) is 11.8 Å². The molecule has 0 spiro atoms. The van der Waals surface area contributed by atoms with Gasteiger partial charge in [-0.2, -0.15) is 0 Å². The average Bonchev–Trinajstić information content (AvgIpc) is 3.03. The van der Waals surface area contributed by atoms with Crippen LogP contribution in [0, 0.1) is 11.8 Å². The highest BCUT2D eigenvalue weighted by Crippen LogP contribution is 2.34. The van der Waals surface area contributed by atoms with E-state index in [1.54, 1.807) is 0 Å². The molecule has 2 unspecified atom stereocenters. The van der Waals surface area contributed by atoms with Gasteiger partial charge in [-0.3, -0.25) is 9.59 Å². The van der Waals surface area contributed by atoms with Crippen molar-refractivity contribution in [3.63, 3.8) is 0 Å². The summed E-state index contributed by atoms with van der Waals surface area (Å²) in [4.78, 5) is 26.8. The smallest absolute Gasteiger partial charge is 0.223 e. The van der Waals surface area contributed by atoms with Crippen LogP contribution in [0.15, 0.2) is 0 Å². The van der Waals surface area contributed by atoms with E-state index in [1.165, 1.54) is 38.5 Å². The summed E-state index contributed by atoms with van der Waals surface area (Å²) in [6.07, 6.45) is 13.4. The Hall–Kier alpha value is -0.860. The lowest BCUT2D eigenvalue weighted by molar-refractivity contribution is -0.135. The van der Waals surface area contributed by atoms with Gasteiger partial charge in [0.2, 0.25) is 5.91 Å². The van der Waals surface area contributed by atoms with Crippen molar-refractivity contribution >= 4 is 11.7 Å². The molecule has 0 bridgehead atoms. The van der Waals surface area contributed by atoms with Gasteiger partial charge in [-0.1, -0.05) is 25.7 Å². The third-order valence-electron chi connectivity index (χ3n) is 5.87. The first-order chi connectivity index (χ1) is 10.3. The van der Waals surface area contributed by atoms with Gasteiger partial charge in [0.05, 0.1) is 0 Å². The molecule has 0 radical (unpaired) electrons. The molecule has 2 saturated carbocycles. The topological polar surface area (TPSA) is 37.4 Å². The molecule has 0 aromatic rings. The summed E-state index contributed by atoms with van der Waals surface area (Å²) in [6, 6.07) is 0.235. The average molecular weight is 291 g/mol. The highest BCUT2D eigenvalue weighted by atomic mass is 16.2. The molecule has 0 N–H and O–H groups in total. The standard InChI is InChI=1S/C18H29NO2/c20-17-11-5-9-15(17)16-10-6-12-19(16)18(21)13-14-7-3-1-2-4-8-14/h14-16H,1-13H2. The van der Waals surface area contributed by atoms with Crippen molar-refractivity contribution in [2.45, 2.75) is 83.1 Å².